The normalized spacial score (nSPS) is 9.81. The van der Waals surface area contributed by atoms with Crippen LogP contribution in [0.25, 0.3) is 11.1 Å². The van der Waals surface area contributed by atoms with Gasteiger partial charge in [-0.3, -0.25) is 4.79 Å². The molecule has 2 rings (SSSR count). The molecule has 16 heavy (non-hydrogen) atoms. The summed E-state index contributed by atoms with van der Waals surface area (Å²) in [6.45, 7) is 1.40. The van der Waals surface area contributed by atoms with Crippen molar-refractivity contribution in [2.75, 3.05) is 0 Å². The molecule has 0 aromatic heterocycles. The third-order valence-corrected chi connectivity index (χ3v) is 2.23. The van der Waals surface area contributed by atoms with Crippen molar-refractivity contribution in [1.82, 2.24) is 0 Å². The van der Waals surface area contributed by atoms with Gasteiger partial charge in [-0.05, 0) is 11.6 Å². The second kappa shape index (κ2) is 4.62. The number of rotatable bonds is 2. The van der Waals surface area contributed by atoms with E-state index in [4.69, 9.17) is 4.74 Å². The number of benzene rings is 2. The molecule has 0 saturated heterocycles. The van der Waals surface area contributed by atoms with Crippen LogP contribution in [0, 0.1) is 0 Å². The highest BCUT2D eigenvalue weighted by molar-refractivity contribution is 5.76. The topological polar surface area (TPSA) is 26.3 Å². The van der Waals surface area contributed by atoms with Crippen molar-refractivity contribution >= 4 is 5.97 Å². The minimum atomic E-state index is -0.302. The molecule has 0 radical (unpaired) electrons. The second-order valence-electron chi connectivity index (χ2n) is 3.46. The fraction of sp³-hybridized carbons (Fsp3) is 0.0714. The van der Waals surface area contributed by atoms with Crippen LogP contribution >= 0.6 is 0 Å². The SMILES string of the molecule is CC(=O)Oc1ccccc1-c1ccccc1. The third-order valence-electron chi connectivity index (χ3n) is 2.23. The maximum absolute atomic E-state index is 11.0. The summed E-state index contributed by atoms with van der Waals surface area (Å²) in [5.74, 6) is 0.296. The maximum Gasteiger partial charge on any atom is 0.308 e. The van der Waals surface area contributed by atoms with Crippen LogP contribution in [-0.2, 0) is 4.79 Å². The summed E-state index contributed by atoms with van der Waals surface area (Å²) >= 11 is 0. The Hall–Kier alpha value is -2.09. The molecule has 0 unspecified atom stereocenters. The Morgan fingerprint density at radius 2 is 1.56 bits per heavy atom. The molecule has 0 aliphatic heterocycles. The zero-order valence-electron chi connectivity index (χ0n) is 9.01. The summed E-state index contributed by atoms with van der Waals surface area (Å²) < 4.78 is 5.16. The average molecular weight is 212 g/mol. The summed E-state index contributed by atoms with van der Waals surface area (Å²) in [6, 6.07) is 17.4. The number of esters is 1. The fourth-order valence-corrected chi connectivity index (χ4v) is 1.57. The molecular formula is C14H12O2. The lowest BCUT2D eigenvalue weighted by atomic mass is 10.1. The first-order chi connectivity index (χ1) is 7.77. The largest absolute Gasteiger partial charge is 0.426 e. The van der Waals surface area contributed by atoms with Crippen LogP contribution < -0.4 is 4.74 Å². The van der Waals surface area contributed by atoms with Gasteiger partial charge in [0.2, 0.25) is 0 Å². The molecule has 2 nitrogen and oxygen atoms in total. The van der Waals surface area contributed by atoms with Gasteiger partial charge >= 0.3 is 5.97 Å². The Balaban J connectivity index is 2.44. The van der Waals surface area contributed by atoms with E-state index in [0.717, 1.165) is 11.1 Å². The Kier molecular flexibility index (Phi) is 3.01. The van der Waals surface area contributed by atoms with Crippen LogP contribution in [0.15, 0.2) is 54.6 Å². The van der Waals surface area contributed by atoms with Crippen molar-refractivity contribution in [2.45, 2.75) is 6.92 Å². The molecule has 0 spiro atoms. The first kappa shape index (κ1) is 10.4. The van der Waals surface area contributed by atoms with Gasteiger partial charge in [0.05, 0.1) is 0 Å². The summed E-state index contributed by atoms with van der Waals surface area (Å²) in [5.41, 5.74) is 1.97. The first-order valence-corrected chi connectivity index (χ1v) is 5.10. The van der Waals surface area contributed by atoms with Crippen molar-refractivity contribution in [3.63, 3.8) is 0 Å². The zero-order chi connectivity index (χ0) is 11.4. The highest BCUT2D eigenvalue weighted by Crippen LogP contribution is 2.29. The molecule has 0 saturated carbocycles. The molecule has 0 atom stereocenters. The minimum absolute atomic E-state index is 0.302. The summed E-state index contributed by atoms with van der Waals surface area (Å²) in [5, 5.41) is 0. The van der Waals surface area contributed by atoms with E-state index >= 15 is 0 Å². The molecule has 0 amide bonds. The van der Waals surface area contributed by atoms with Gasteiger partial charge in [0.25, 0.3) is 0 Å². The Morgan fingerprint density at radius 3 is 2.25 bits per heavy atom. The molecule has 2 aromatic carbocycles. The summed E-state index contributed by atoms with van der Waals surface area (Å²) in [7, 11) is 0. The van der Waals surface area contributed by atoms with Crippen molar-refractivity contribution in [3.8, 4) is 16.9 Å². The number of carbonyl (C=O) groups is 1. The number of hydrogen-bond donors (Lipinski definition) is 0. The van der Waals surface area contributed by atoms with Crippen LogP contribution in [0.1, 0.15) is 6.92 Å². The molecule has 0 bridgehead atoms. The van der Waals surface area contributed by atoms with Gasteiger partial charge < -0.3 is 4.74 Å². The fourth-order valence-electron chi connectivity index (χ4n) is 1.57. The van der Waals surface area contributed by atoms with Gasteiger partial charge in [0, 0.05) is 12.5 Å². The van der Waals surface area contributed by atoms with Crippen molar-refractivity contribution in [3.05, 3.63) is 54.6 Å². The van der Waals surface area contributed by atoms with Gasteiger partial charge in [-0.25, -0.2) is 0 Å². The van der Waals surface area contributed by atoms with Gasteiger partial charge in [-0.2, -0.15) is 0 Å². The predicted molar refractivity (Wildman–Crippen MR) is 63.2 cm³/mol. The van der Waals surface area contributed by atoms with Gasteiger partial charge in [-0.1, -0.05) is 48.5 Å². The molecule has 0 N–H and O–H groups in total. The lowest BCUT2D eigenvalue weighted by Gasteiger charge is -2.08. The predicted octanol–water partition coefficient (Wildman–Crippen LogP) is 3.28. The summed E-state index contributed by atoms with van der Waals surface area (Å²) in [4.78, 5) is 11.0. The smallest absolute Gasteiger partial charge is 0.308 e. The van der Waals surface area contributed by atoms with E-state index in [1.165, 1.54) is 6.92 Å². The summed E-state index contributed by atoms with van der Waals surface area (Å²) in [6.07, 6.45) is 0. The lowest BCUT2D eigenvalue weighted by Crippen LogP contribution is -2.02. The minimum Gasteiger partial charge on any atom is -0.426 e. The van der Waals surface area contributed by atoms with Gasteiger partial charge in [0.1, 0.15) is 5.75 Å². The second-order valence-corrected chi connectivity index (χ2v) is 3.46. The quantitative estimate of drug-likeness (QED) is 0.564. The molecular weight excluding hydrogens is 200 g/mol. The third kappa shape index (κ3) is 2.28. The van der Waals surface area contributed by atoms with Crippen LogP contribution in [0.5, 0.6) is 5.75 Å². The monoisotopic (exact) mass is 212 g/mol. The first-order valence-electron chi connectivity index (χ1n) is 5.10. The number of para-hydroxylation sites is 1. The van der Waals surface area contributed by atoms with Crippen LogP contribution in [0.4, 0.5) is 0 Å². The van der Waals surface area contributed by atoms with E-state index in [9.17, 15) is 4.79 Å². The van der Waals surface area contributed by atoms with E-state index in [2.05, 4.69) is 0 Å². The standard InChI is InChI=1S/C14H12O2/c1-11(15)16-14-10-6-5-9-13(14)12-7-3-2-4-8-12/h2-10H,1H3. The highest BCUT2D eigenvalue weighted by atomic mass is 16.5. The van der Waals surface area contributed by atoms with Crippen molar-refractivity contribution in [2.24, 2.45) is 0 Å². The molecule has 0 aliphatic rings. The zero-order valence-corrected chi connectivity index (χ0v) is 9.01. The lowest BCUT2D eigenvalue weighted by molar-refractivity contribution is -0.131. The Bertz CT molecular complexity index is 489. The van der Waals surface area contributed by atoms with E-state index in [-0.39, 0.29) is 5.97 Å². The molecule has 0 fully saturated rings. The highest BCUT2D eigenvalue weighted by Gasteiger charge is 2.06. The number of hydrogen-bond acceptors (Lipinski definition) is 2. The van der Waals surface area contributed by atoms with E-state index < -0.39 is 0 Å². The van der Waals surface area contributed by atoms with Gasteiger partial charge in [0.15, 0.2) is 0 Å². The van der Waals surface area contributed by atoms with E-state index in [1.54, 1.807) is 6.07 Å². The van der Waals surface area contributed by atoms with Crippen LogP contribution in [-0.4, -0.2) is 5.97 Å². The Labute approximate surface area is 94.5 Å². The van der Waals surface area contributed by atoms with Crippen molar-refractivity contribution < 1.29 is 9.53 Å². The molecule has 2 heteroatoms. The molecule has 0 aliphatic carbocycles. The van der Waals surface area contributed by atoms with E-state index in [1.807, 2.05) is 48.5 Å². The molecule has 2 aromatic rings. The Morgan fingerprint density at radius 1 is 0.938 bits per heavy atom. The molecule has 80 valence electrons. The molecule has 0 heterocycles. The van der Waals surface area contributed by atoms with Crippen LogP contribution in [0.3, 0.4) is 0 Å². The van der Waals surface area contributed by atoms with Gasteiger partial charge in [-0.15, -0.1) is 0 Å². The average Bonchev–Trinajstić information content (AvgIpc) is 2.30. The van der Waals surface area contributed by atoms with Crippen molar-refractivity contribution in [1.29, 1.82) is 0 Å². The van der Waals surface area contributed by atoms with E-state index in [0.29, 0.717) is 5.75 Å². The number of ether oxygens (including phenoxy) is 1. The maximum atomic E-state index is 11.0. The number of carbonyl (C=O) groups excluding carboxylic acids is 1. The van der Waals surface area contributed by atoms with Crippen LogP contribution in [0.2, 0.25) is 0 Å².